The summed E-state index contributed by atoms with van der Waals surface area (Å²) in [6.45, 7) is 6.60. The molecule has 0 unspecified atom stereocenters. The summed E-state index contributed by atoms with van der Waals surface area (Å²) in [6, 6.07) is 24.5. The van der Waals surface area contributed by atoms with Crippen molar-refractivity contribution in [2.45, 2.75) is 40.0 Å². The van der Waals surface area contributed by atoms with Crippen LogP contribution in [0.2, 0.25) is 0 Å². The average Bonchev–Trinajstić information content (AvgIpc) is 2.61. The van der Waals surface area contributed by atoms with Gasteiger partial charge in [0.1, 0.15) is 0 Å². The van der Waals surface area contributed by atoms with E-state index in [0.29, 0.717) is 0 Å². The zero-order chi connectivity index (χ0) is 16.9. The van der Waals surface area contributed by atoms with Crippen molar-refractivity contribution in [2.24, 2.45) is 0 Å². The molecule has 0 atom stereocenters. The highest BCUT2D eigenvalue weighted by atomic mass is 14.1. The van der Waals surface area contributed by atoms with E-state index in [1.807, 2.05) is 0 Å². The topological polar surface area (TPSA) is 0 Å². The van der Waals surface area contributed by atoms with Crippen molar-refractivity contribution in [3.63, 3.8) is 0 Å². The molecule has 0 radical (unpaired) electrons. The standard InChI is InChI=1S/C24H26/c1-4-5-8-21-9-6-7-10-23(21)24-17-22(16-13-19(24)3)20-14-11-18(2)12-15-20/h6-7,9-17H,4-5,8H2,1-3H3. The molecule has 3 aromatic rings. The number of hydrogen-bond donors (Lipinski definition) is 0. The van der Waals surface area contributed by atoms with Gasteiger partial charge < -0.3 is 0 Å². The highest BCUT2D eigenvalue weighted by Gasteiger charge is 2.09. The Hall–Kier alpha value is -2.34. The second-order valence-electron chi connectivity index (χ2n) is 6.66. The minimum atomic E-state index is 1.15. The van der Waals surface area contributed by atoms with Crippen molar-refractivity contribution in [3.8, 4) is 22.3 Å². The van der Waals surface area contributed by atoms with E-state index < -0.39 is 0 Å². The van der Waals surface area contributed by atoms with Gasteiger partial charge in [-0.3, -0.25) is 0 Å². The molecule has 3 rings (SSSR count). The van der Waals surface area contributed by atoms with Crippen LogP contribution >= 0.6 is 0 Å². The Morgan fingerprint density at radius 2 is 1.42 bits per heavy atom. The lowest BCUT2D eigenvalue weighted by Gasteiger charge is -2.14. The molecule has 0 amide bonds. The van der Waals surface area contributed by atoms with Gasteiger partial charge in [-0.1, -0.05) is 79.6 Å². The van der Waals surface area contributed by atoms with Gasteiger partial charge in [-0.05, 0) is 66.1 Å². The van der Waals surface area contributed by atoms with E-state index >= 15 is 0 Å². The molecule has 0 aliphatic rings. The van der Waals surface area contributed by atoms with Gasteiger partial charge in [-0.25, -0.2) is 0 Å². The van der Waals surface area contributed by atoms with Crippen LogP contribution in [0.5, 0.6) is 0 Å². The Balaban J connectivity index is 2.05. The maximum Gasteiger partial charge on any atom is -0.0146 e. The summed E-state index contributed by atoms with van der Waals surface area (Å²) in [4.78, 5) is 0. The van der Waals surface area contributed by atoms with Crippen LogP contribution in [0.4, 0.5) is 0 Å². The SMILES string of the molecule is CCCCc1ccccc1-c1cc(-c2ccc(C)cc2)ccc1C. The molecule has 0 heterocycles. The largest absolute Gasteiger partial charge is 0.0654 e. The maximum atomic E-state index is 2.35. The predicted molar refractivity (Wildman–Crippen MR) is 105 cm³/mol. The quantitative estimate of drug-likeness (QED) is 0.476. The number of aryl methyl sites for hydroxylation is 3. The monoisotopic (exact) mass is 314 g/mol. The first-order valence-corrected chi connectivity index (χ1v) is 8.95. The molecule has 0 spiro atoms. The molecule has 0 saturated heterocycles. The Kier molecular flexibility index (Phi) is 5.15. The summed E-state index contributed by atoms with van der Waals surface area (Å²) < 4.78 is 0. The van der Waals surface area contributed by atoms with Gasteiger partial charge in [-0.2, -0.15) is 0 Å². The molecule has 0 fully saturated rings. The van der Waals surface area contributed by atoms with Crippen LogP contribution in [-0.2, 0) is 6.42 Å². The lowest BCUT2D eigenvalue weighted by molar-refractivity contribution is 0.796. The van der Waals surface area contributed by atoms with Gasteiger partial charge in [0.05, 0.1) is 0 Å². The average molecular weight is 314 g/mol. The van der Waals surface area contributed by atoms with Gasteiger partial charge in [0.15, 0.2) is 0 Å². The van der Waals surface area contributed by atoms with Crippen LogP contribution in [0.25, 0.3) is 22.3 Å². The van der Waals surface area contributed by atoms with Gasteiger partial charge >= 0.3 is 0 Å². The van der Waals surface area contributed by atoms with Crippen molar-refractivity contribution in [1.82, 2.24) is 0 Å². The van der Waals surface area contributed by atoms with Crippen LogP contribution in [0.3, 0.4) is 0 Å². The van der Waals surface area contributed by atoms with Gasteiger partial charge in [0.2, 0.25) is 0 Å². The number of unbranched alkanes of at least 4 members (excludes halogenated alkanes) is 1. The van der Waals surface area contributed by atoms with E-state index in [0.717, 1.165) is 6.42 Å². The fraction of sp³-hybridized carbons (Fsp3) is 0.250. The number of rotatable bonds is 5. The Bertz CT molecular complexity index is 810. The second kappa shape index (κ2) is 7.49. The third-order valence-corrected chi connectivity index (χ3v) is 4.73. The maximum absolute atomic E-state index is 2.35. The van der Waals surface area contributed by atoms with Crippen molar-refractivity contribution in [1.29, 1.82) is 0 Å². The van der Waals surface area contributed by atoms with Gasteiger partial charge in [0, 0.05) is 0 Å². The highest BCUT2D eigenvalue weighted by molar-refractivity contribution is 5.77. The predicted octanol–water partition coefficient (Wildman–Crippen LogP) is 6.98. The zero-order valence-corrected chi connectivity index (χ0v) is 15.0. The van der Waals surface area contributed by atoms with Gasteiger partial charge in [-0.15, -0.1) is 0 Å². The first-order valence-electron chi connectivity index (χ1n) is 8.95. The molecule has 122 valence electrons. The summed E-state index contributed by atoms with van der Waals surface area (Å²) in [5.74, 6) is 0. The minimum absolute atomic E-state index is 1.15. The molecular formula is C24H26. The van der Waals surface area contributed by atoms with Crippen LogP contribution < -0.4 is 0 Å². The molecule has 0 saturated carbocycles. The van der Waals surface area contributed by atoms with Crippen LogP contribution in [-0.4, -0.2) is 0 Å². The van der Waals surface area contributed by atoms with Crippen molar-refractivity contribution in [3.05, 3.63) is 83.4 Å². The van der Waals surface area contributed by atoms with E-state index in [9.17, 15) is 0 Å². The van der Waals surface area contributed by atoms with Gasteiger partial charge in [0.25, 0.3) is 0 Å². The fourth-order valence-electron chi connectivity index (χ4n) is 3.21. The van der Waals surface area contributed by atoms with E-state index in [1.165, 1.54) is 51.8 Å². The number of hydrogen-bond acceptors (Lipinski definition) is 0. The summed E-state index contributed by atoms with van der Waals surface area (Å²) in [7, 11) is 0. The summed E-state index contributed by atoms with van der Waals surface area (Å²) in [5, 5.41) is 0. The Morgan fingerprint density at radius 1 is 0.708 bits per heavy atom. The third kappa shape index (κ3) is 3.59. The fourth-order valence-corrected chi connectivity index (χ4v) is 3.21. The zero-order valence-electron chi connectivity index (χ0n) is 15.0. The highest BCUT2D eigenvalue weighted by Crippen LogP contribution is 2.32. The third-order valence-electron chi connectivity index (χ3n) is 4.73. The second-order valence-corrected chi connectivity index (χ2v) is 6.66. The molecule has 0 heteroatoms. The van der Waals surface area contributed by atoms with Crippen molar-refractivity contribution < 1.29 is 0 Å². The lowest BCUT2D eigenvalue weighted by Crippen LogP contribution is -1.93. The molecular weight excluding hydrogens is 288 g/mol. The van der Waals surface area contributed by atoms with E-state index in [4.69, 9.17) is 0 Å². The summed E-state index contributed by atoms with van der Waals surface area (Å²) in [5.41, 5.74) is 9.43. The van der Waals surface area contributed by atoms with Crippen molar-refractivity contribution in [2.75, 3.05) is 0 Å². The lowest BCUT2D eigenvalue weighted by atomic mass is 9.91. The summed E-state index contributed by atoms with van der Waals surface area (Å²) >= 11 is 0. The Labute approximate surface area is 146 Å². The first-order chi connectivity index (χ1) is 11.7. The molecule has 24 heavy (non-hydrogen) atoms. The molecule has 0 aromatic heterocycles. The van der Waals surface area contributed by atoms with Crippen LogP contribution in [0.15, 0.2) is 66.7 Å². The number of benzene rings is 3. The minimum Gasteiger partial charge on any atom is -0.0654 e. The van der Waals surface area contributed by atoms with Crippen LogP contribution in [0.1, 0.15) is 36.5 Å². The van der Waals surface area contributed by atoms with E-state index in [2.05, 4.69) is 87.5 Å². The normalized spacial score (nSPS) is 10.8. The van der Waals surface area contributed by atoms with E-state index in [-0.39, 0.29) is 0 Å². The molecule has 0 nitrogen and oxygen atoms in total. The molecule has 0 N–H and O–H groups in total. The molecule has 0 aliphatic carbocycles. The molecule has 0 bridgehead atoms. The summed E-state index contributed by atoms with van der Waals surface area (Å²) in [6.07, 6.45) is 3.63. The van der Waals surface area contributed by atoms with Crippen molar-refractivity contribution >= 4 is 0 Å². The smallest absolute Gasteiger partial charge is 0.0146 e. The Morgan fingerprint density at radius 3 is 2.17 bits per heavy atom. The van der Waals surface area contributed by atoms with Crippen LogP contribution in [0, 0.1) is 13.8 Å². The molecule has 3 aromatic carbocycles. The van der Waals surface area contributed by atoms with E-state index in [1.54, 1.807) is 0 Å². The molecule has 0 aliphatic heterocycles. The first kappa shape index (κ1) is 16.5.